The molecular formula is C25H52Si3. The van der Waals surface area contributed by atoms with Crippen molar-refractivity contribution < 1.29 is 0 Å². The molecule has 0 fully saturated rings. The minimum Gasteiger partial charge on any atom is -0.0698 e. The van der Waals surface area contributed by atoms with E-state index in [0.29, 0.717) is 10.1 Å². The molecule has 0 aliphatic heterocycles. The molecule has 1 aliphatic carbocycles. The number of hydrogen-bond acceptors (Lipinski definition) is 0. The smallest absolute Gasteiger partial charge is 0.0608 e. The van der Waals surface area contributed by atoms with E-state index in [2.05, 4.69) is 109 Å². The fraction of sp³-hybridized carbons (Fsp3) is 0.880. The zero-order chi connectivity index (χ0) is 22.7. The lowest BCUT2D eigenvalue weighted by Crippen LogP contribution is -2.66. The van der Waals surface area contributed by atoms with Crippen LogP contribution in [0.1, 0.15) is 95.9 Å². The standard InChI is InChI=1S/C25H52Si3/c1-22(2,3)19-17-18-20(21(19)23(4,5)6)26(27(13,14)24(7,8)9)28(15,16)25(10,11)12/h17-18H2,1-16H3. The van der Waals surface area contributed by atoms with E-state index < -0.39 is 22.6 Å². The Hall–Kier alpha value is 0.261. The van der Waals surface area contributed by atoms with Gasteiger partial charge in [0.25, 0.3) is 0 Å². The number of rotatable bonds is 2. The maximum Gasteiger partial charge on any atom is 0.0608 e. The monoisotopic (exact) mass is 436 g/mol. The van der Waals surface area contributed by atoms with Gasteiger partial charge in [-0.05, 0) is 46.8 Å². The predicted octanol–water partition coefficient (Wildman–Crippen LogP) is 8.59. The van der Waals surface area contributed by atoms with E-state index in [-0.39, 0.29) is 10.8 Å². The Morgan fingerprint density at radius 3 is 1.18 bits per heavy atom. The highest BCUT2D eigenvalue weighted by Crippen LogP contribution is 2.49. The summed E-state index contributed by atoms with van der Waals surface area (Å²) < 4.78 is 0. The quantitative estimate of drug-likeness (QED) is 0.380. The molecule has 0 unspecified atom stereocenters. The third-order valence-corrected chi connectivity index (χ3v) is 44.3. The third kappa shape index (κ3) is 4.77. The molecule has 164 valence electrons. The molecule has 0 radical (unpaired) electrons. The zero-order valence-corrected chi connectivity index (χ0v) is 25.4. The van der Waals surface area contributed by atoms with E-state index in [1.165, 1.54) is 12.8 Å². The van der Waals surface area contributed by atoms with Crippen LogP contribution < -0.4 is 0 Å². The lowest BCUT2D eigenvalue weighted by Gasteiger charge is -2.51. The molecule has 1 aliphatic rings. The Morgan fingerprint density at radius 2 is 0.929 bits per heavy atom. The van der Waals surface area contributed by atoms with Crippen molar-refractivity contribution in [3.63, 3.8) is 0 Å². The van der Waals surface area contributed by atoms with Crippen molar-refractivity contribution in [2.75, 3.05) is 0 Å². The van der Waals surface area contributed by atoms with Gasteiger partial charge in [0, 0.05) is 0 Å². The molecule has 28 heavy (non-hydrogen) atoms. The van der Waals surface area contributed by atoms with Gasteiger partial charge in [-0.15, -0.1) is 0 Å². The van der Waals surface area contributed by atoms with Crippen LogP contribution in [-0.4, -0.2) is 27.8 Å². The summed E-state index contributed by atoms with van der Waals surface area (Å²) in [6, 6.07) is 0. The first kappa shape index (κ1) is 26.3. The molecular weight excluding hydrogens is 385 g/mol. The van der Waals surface area contributed by atoms with Gasteiger partial charge in [0.1, 0.15) is 0 Å². The Labute approximate surface area is 181 Å². The van der Waals surface area contributed by atoms with Gasteiger partial charge in [-0.25, -0.2) is 0 Å². The first-order valence-electron chi connectivity index (χ1n) is 11.5. The molecule has 0 atom stereocenters. The second-order valence-electron chi connectivity index (χ2n) is 14.5. The van der Waals surface area contributed by atoms with Crippen LogP contribution in [0, 0.1) is 10.8 Å². The summed E-state index contributed by atoms with van der Waals surface area (Å²) in [6.45, 7) is 41.1. The molecule has 0 spiro atoms. The van der Waals surface area contributed by atoms with Crippen LogP contribution in [0.25, 0.3) is 0 Å². The lowest BCUT2D eigenvalue weighted by atomic mass is 9.76. The average molecular weight is 437 g/mol. The van der Waals surface area contributed by atoms with Gasteiger partial charge in [0.15, 0.2) is 0 Å². The molecule has 0 nitrogen and oxygen atoms in total. The summed E-state index contributed by atoms with van der Waals surface area (Å²) in [5, 5.41) is 2.90. The molecule has 0 saturated heterocycles. The van der Waals surface area contributed by atoms with E-state index in [4.69, 9.17) is 0 Å². The van der Waals surface area contributed by atoms with Crippen LogP contribution in [0.5, 0.6) is 0 Å². The van der Waals surface area contributed by atoms with Crippen molar-refractivity contribution in [3.05, 3.63) is 11.1 Å². The lowest BCUT2D eigenvalue weighted by molar-refractivity contribution is 0.455. The van der Waals surface area contributed by atoms with Gasteiger partial charge in [-0.3, -0.25) is 0 Å². The van der Waals surface area contributed by atoms with Gasteiger partial charge in [0.2, 0.25) is 0 Å². The average Bonchev–Trinajstić information content (AvgIpc) is 2.79. The maximum atomic E-state index is 2.75. The Bertz CT molecular complexity index is 633. The topological polar surface area (TPSA) is 0 Å². The molecule has 0 N–H and O–H groups in total. The van der Waals surface area contributed by atoms with Crippen LogP contribution in [0.4, 0.5) is 0 Å². The second-order valence-corrected chi connectivity index (χ2v) is 37.3. The minimum absolute atomic E-state index is 0.259. The fourth-order valence-corrected chi connectivity index (χ4v) is 46.6. The minimum atomic E-state index is -1.46. The Balaban J connectivity index is 4.14. The molecule has 1 rings (SSSR count). The van der Waals surface area contributed by atoms with E-state index in [0.717, 1.165) is 0 Å². The summed E-state index contributed by atoms with van der Waals surface area (Å²) in [7, 11) is -3.50. The van der Waals surface area contributed by atoms with Crippen molar-refractivity contribution in [1.82, 2.24) is 0 Å². The summed E-state index contributed by atoms with van der Waals surface area (Å²) >= 11 is 0. The highest BCUT2D eigenvalue weighted by atomic mass is 29.6. The highest BCUT2D eigenvalue weighted by molar-refractivity contribution is 7.62. The Morgan fingerprint density at radius 1 is 0.571 bits per heavy atom. The van der Waals surface area contributed by atoms with E-state index in [1.807, 2.05) is 10.7 Å². The second kappa shape index (κ2) is 7.44. The molecule has 0 saturated carbocycles. The van der Waals surface area contributed by atoms with E-state index >= 15 is 0 Å². The SMILES string of the molecule is CC(C)(C)C1=C(C(C)(C)C)C(=[Si]([Si](C)(C)C(C)(C)C)[Si](C)(C)C(C)(C)C)CC1. The summed E-state index contributed by atoms with van der Waals surface area (Å²) in [6.07, 6.45) is 2.66. The van der Waals surface area contributed by atoms with Crippen molar-refractivity contribution in [2.45, 2.75) is 132 Å². The first-order valence-corrected chi connectivity index (χ1v) is 21.0. The van der Waals surface area contributed by atoms with Gasteiger partial charge < -0.3 is 0 Å². The predicted molar refractivity (Wildman–Crippen MR) is 140 cm³/mol. The largest absolute Gasteiger partial charge is 0.0698 e. The highest BCUT2D eigenvalue weighted by Gasteiger charge is 2.52. The van der Waals surface area contributed by atoms with E-state index in [1.54, 1.807) is 5.57 Å². The van der Waals surface area contributed by atoms with Crippen LogP contribution in [0.15, 0.2) is 11.1 Å². The van der Waals surface area contributed by atoms with Crippen LogP contribution >= 0.6 is 0 Å². The molecule has 0 aromatic rings. The molecule has 0 heterocycles. The van der Waals surface area contributed by atoms with Gasteiger partial charge in [-0.1, -0.05) is 120 Å². The normalized spacial score (nSPS) is 18.2. The fourth-order valence-electron chi connectivity index (χ4n) is 4.87. The van der Waals surface area contributed by atoms with E-state index in [9.17, 15) is 0 Å². The molecule has 0 bridgehead atoms. The maximum absolute atomic E-state index is 2.75. The first-order chi connectivity index (χ1) is 12.0. The van der Waals surface area contributed by atoms with Crippen LogP contribution in [0.2, 0.25) is 36.3 Å². The van der Waals surface area contributed by atoms with Crippen molar-refractivity contribution in [2.24, 2.45) is 10.8 Å². The number of hydrogen-bond donors (Lipinski definition) is 0. The van der Waals surface area contributed by atoms with Crippen molar-refractivity contribution in [1.29, 1.82) is 0 Å². The number of allylic oxidation sites excluding steroid dienone is 2. The van der Waals surface area contributed by atoms with Gasteiger partial charge in [-0.2, -0.15) is 0 Å². The third-order valence-electron chi connectivity index (χ3n) is 8.19. The van der Waals surface area contributed by atoms with Crippen LogP contribution in [-0.2, 0) is 0 Å². The zero-order valence-electron chi connectivity index (χ0n) is 22.4. The van der Waals surface area contributed by atoms with Gasteiger partial charge >= 0.3 is 0 Å². The Kier molecular flexibility index (Phi) is 6.99. The van der Waals surface area contributed by atoms with Crippen molar-refractivity contribution in [3.8, 4) is 0 Å². The molecule has 0 aromatic carbocycles. The summed E-state index contributed by atoms with van der Waals surface area (Å²) in [4.78, 5) is 0. The van der Waals surface area contributed by atoms with Crippen molar-refractivity contribution >= 4 is 27.8 Å². The van der Waals surface area contributed by atoms with Gasteiger partial charge in [0.05, 0.1) is 15.2 Å². The molecule has 0 aromatic heterocycles. The molecule has 0 amide bonds. The summed E-state index contributed by atoms with van der Waals surface area (Å²) in [5.41, 5.74) is 4.13. The van der Waals surface area contributed by atoms with Crippen LogP contribution in [0.3, 0.4) is 0 Å². The molecule has 3 heteroatoms. The summed E-state index contributed by atoms with van der Waals surface area (Å²) in [5.74, 6) is 0.